The van der Waals surface area contributed by atoms with E-state index in [0.29, 0.717) is 16.9 Å². The van der Waals surface area contributed by atoms with Gasteiger partial charge < -0.3 is 14.4 Å². The van der Waals surface area contributed by atoms with Crippen LogP contribution in [0.15, 0.2) is 84.9 Å². The van der Waals surface area contributed by atoms with Gasteiger partial charge in [0.25, 0.3) is 0 Å². The van der Waals surface area contributed by atoms with E-state index < -0.39 is 29.4 Å². The van der Waals surface area contributed by atoms with Crippen LogP contribution in [0.25, 0.3) is 6.08 Å². The minimum absolute atomic E-state index is 0.164. The molecule has 2 heterocycles. The van der Waals surface area contributed by atoms with Gasteiger partial charge in [-0.25, -0.2) is 0 Å². The minimum Gasteiger partial charge on any atom is -0.497 e. The molecular weight excluding hydrogens is 440 g/mol. The zero-order chi connectivity index (χ0) is 24.6. The van der Waals surface area contributed by atoms with Gasteiger partial charge >= 0.3 is 5.97 Å². The summed E-state index contributed by atoms with van der Waals surface area (Å²) in [6, 6.07) is 24.7. The summed E-state index contributed by atoms with van der Waals surface area (Å²) in [4.78, 5) is 29.6. The number of rotatable bonds is 5. The highest BCUT2D eigenvalue weighted by molar-refractivity contribution is 6.06. The lowest BCUT2D eigenvalue weighted by Gasteiger charge is -2.36. The van der Waals surface area contributed by atoms with E-state index in [-0.39, 0.29) is 5.78 Å². The second-order valence-corrected chi connectivity index (χ2v) is 8.67. The van der Waals surface area contributed by atoms with Crippen LogP contribution in [0.1, 0.15) is 27.4 Å². The molecule has 2 aliphatic rings. The van der Waals surface area contributed by atoms with Crippen molar-refractivity contribution >= 4 is 23.5 Å². The molecule has 1 fully saturated rings. The largest absolute Gasteiger partial charge is 0.497 e. The Hall–Kier alpha value is -4.37. The summed E-state index contributed by atoms with van der Waals surface area (Å²) >= 11 is 0. The Morgan fingerprint density at radius 3 is 2.29 bits per heavy atom. The molecule has 0 aromatic heterocycles. The lowest BCUT2D eigenvalue weighted by Crippen LogP contribution is -2.46. The molecule has 3 aromatic carbocycles. The number of carbonyl (C=O) groups is 2. The van der Waals surface area contributed by atoms with Gasteiger partial charge in [0.15, 0.2) is 11.2 Å². The van der Waals surface area contributed by atoms with Crippen LogP contribution in [0.5, 0.6) is 5.75 Å². The number of carbonyl (C=O) groups excluding carboxylic acids is 2. The fourth-order valence-corrected chi connectivity index (χ4v) is 5.49. The van der Waals surface area contributed by atoms with Gasteiger partial charge in [-0.1, -0.05) is 72.8 Å². The zero-order valence-electron chi connectivity index (χ0n) is 19.4. The molecule has 0 spiro atoms. The van der Waals surface area contributed by atoms with E-state index in [0.717, 1.165) is 11.3 Å². The average Bonchev–Trinajstić information content (AvgIpc) is 3.24. The van der Waals surface area contributed by atoms with Crippen molar-refractivity contribution in [3.05, 3.63) is 102 Å². The number of Topliss-reactive ketones (excluding diaryl/α,β-unsaturated/α-hetero) is 1. The first-order valence-electron chi connectivity index (χ1n) is 11.3. The molecule has 5 rings (SSSR count). The predicted molar refractivity (Wildman–Crippen MR) is 132 cm³/mol. The summed E-state index contributed by atoms with van der Waals surface area (Å²) in [6.07, 6.45) is 3.75. The van der Waals surface area contributed by atoms with Crippen LogP contribution in [-0.4, -0.2) is 38.1 Å². The number of nitriles is 1. The van der Waals surface area contributed by atoms with Crippen LogP contribution in [0.4, 0.5) is 5.69 Å². The van der Waals surface area contributed by atoms with Crippen molar-refractivity contribution in [2.24, 2.45) is 5.41 Å². The van der Waals surface area contributed by atoms with E-state index in [4.69, 9.17) is 9.47 Å². The van der Waals surface area contributed by atoms with E-state index in [1.54, 1.807) is 31.4 Å². The van der Waals surface area contributed by atoms with Crippen LogP contribution in [0.3, 0.4) is 0 Å². The van der Waals surface area contributed by atoms with Crippen LogP contribution in [0.2, 0.25) is 0 Å². The van der Waals surface area contributed by atoms with Gasteiger partial charge in [0.2, 0.25) is 0 Å². The van der Waals surface area contributed by atoms with E-state index in [9.17, 15) is 14.9 Å². The lowest BCUT2D eigenvalue weighted by molar-refractivity contribution is -0.150. The molecule has 3 aromatic rings. The molecule has 0 saturated carbocycles. The molecule has 6 heteroatoms. The number of ether oxygens (including phenoxy) is 2. The Labute approximate surface area is 204 Å². The van der Waals surface area contributed by atoms with Crippen LogP contribution in [0, 0.1) is 16.7 Å². The molecule has 0 amide bonds. The third kappa shape index (κ3) is 3.31. The highest BCUT2D eigenvalue weighted by atomic mass is 16.5. The number of anilines is 1. The summed E-state index contributed by atoms with van der Waals surface area (Å²) < 4.78 is 10.6. The quantitative estimate of drug-likeness (QED) is 0.405. The average molecular weight is 465 g/mol. The van der Waals surface area contributed by atoms with Crippen molar-refractivity contribution in [1.29, 1.82) is 5.26 Å². The Balaban J connectivity index is 1.80. The molecule has 1 saturated heterocycles. The standard InChI is InChI=1S/C29H24N2O4/c1-34-22-15-12-20(13-16-22)25-26(27(32)21-9-4-3-5-10-21)31-23-11-7-6-8-19(23)14-17-24(31)29(25,18-30)28(33)35-2/h3-17,24-26H,1-2H3/t24-,25-,26+,29-/m0/s1. The molecule has 0 radical (unpaired) electrons. The second kappa shape index (κ2) is 8.77. The number of fused-ring (bicyclic) bond motifs is 3. The van der Waals surface area contributed by atoms with Crippen molar-refractivity contribution in [2.75, 3.05) is 19.1 Å². The SMILES string of the molecule is COC(=O)[C@@]1(C#N)[C@@H]2C=Cc3ccccc3N2[C@@H](C(=O)c2ccccc2)[C@@H]1c1ccc(OC)cc1. The fraction of sp³-hybridized carbons (Fsp3) is 0.207. The van der Waals surface area contributed by atoms with E-state index in [2.05, 4.69) is 6.07 Å². The normalized spacial score (nSPS) is 24.1. The minimum atomic E-state index is -1.65. The highest BCUT2D eigenvalue weighted by Crippen LogP contribution is 2.56. The third-order valence-corrected chi connectivity index (χ3v) is 7.06. The first-order chi connectivity index (χ1) is 17.1. The highest BCUT2D eigenvalue weighted by Gasteiger charge is 2.67. The molecule has 0 aliphatic carbocycles. The summed E-state index contributed by atoms with van der Waals surface area (Å²) in [7, 11) is 2.85. The Kier molecular flexibility index (Phi) is 5.62. The predicted octanol–water partition coefficient (Wildman–Crippen LogP) is 4.63. The van der Waals surface area contributed by atoms with Gasteiger partial charge in [0.1, 0.15) is 11.8 Å². The summed E-state index contributed by atoms with van der Waals surface area (Å²) in [5, 5.41) is 10.7. The number of benzene rings is 3. The lowest BCUT2D eigenvalue weighted by atomic mass is 9.68. The van der Waals surface area contributed by atoms with Crippen molar-refractivity contribution in [2.45, 2.75) is 18.0 Å². The molecule has 0 bridgehead atoms. The number of nitrogens with zero attached hydrogens (tertiary/aromatic N) is 2. The number of para-hydroxylation sites is 1. The number of hydrogen-bond acceptors (Lipinski definition) is 6. The van der Waals surface area contributed by atoms with E-state index >= 15 is 0 Å². The summed E-state index contributed by atoms with van der Waals surface area (Å²) in [5.74, 6) is -0.980. The molecule has 35 heavy (non-hydrogen) atoms. The van der Waals surface area contributed by atoms with Crippen molar-refractivity contribution in [1.82, 2.24) is 0 Å². The third-order valence-electron chi connectivity index (χ3n) is 7.06. The Bertz CT molecular complexity index is 1340. The first kappa shape index (κ1) is 22.4. The van der Waals surface area contributed by atoms with Crippen LogP contribution >= 0.6 is 0 Å². The van der Waals surface area contributed by atoms with Gasteiger partial charge in [0, 0.05) is 17.2 Å². The van der Waals surface area contributed by atoms with Gasteiger partial charge in [-0.3, -0.25) is 9.59 Å². The Morgan fingerprint density at radius 2 is 1.63 bits per heavy atom. The number of esters is 1. The number of ketones is 1. The molecule has 4 atom stereocenters. The maximum atomic E-state index is 14.2. The summed E-state index contributed by atoms with van der Waals surface area (Å²) in [5.41, 5.74) is 1.27. The second-order valence-electron chi connectivity index (χ2n) is 8.67. The smallest absolute Gasteiger partial charge is 0.329 e. The van der Waals surface area contributed by atoms with Gasteiger partial charge in [-0.15, -0.1) is 0 Å². The molecular formula is C29H24N2O4. The fourth-order valence-electron chi connectivity index (χ4n) is 5.49. The maximum absolute atomic E-state index is 14.2. The molecule has 0 N–H and O–H groups in total. The number of hydrogen-bond donors (Lipinski definition) is 0. The molecule has 2 aliphatic heterocycles. The monoisotopic (exact) mass is 464 g/mol. The number of methoxy groups -OCH3 is 2. The molecule has 0 unspecified atom stereocenters. The Morgan fingerprint density at radius 1 is 0.943 bits per heavy atom. The van der Waals surface area contributed by atoms with E-state index in [1.165, 1.54) is 7.11 Å². The van der Waals surface area contributed by atoms with Crippen molar-refractivity contribution in [3.8, 4) is 11.8 Å². The van der Waals surface area contributed by atoms with Crippen molar-refractivity contribution < 1.29 is 19.1 Å². The van der Waals surface area contributed by atoms with Gasteiger partial charge in [-0.05, 0) is 29.3 Å². The first-order valence-corrected chi connectivity index (χ1v) is 11.3. The van der Waals surface area contributed by atoms with Gasteiger partial charge in [0.05, 0.1) is 26.3 Å². The van der Waals surface area contributed by atoms with E-state index in [1.807, 2.05) is 71.6 Å². The maximum Gasteiger partial charge on any atom is 0.329 e. The topological polar surface area (TPSA) is 79.6 Å². The van der Waals surface area contributed by atoms with Crippen molar-refractivity contribution in [3.63, 3.8) is 0 Å². The van der Waals surface area contributed by atoms with Crippen LogP contribution < -0.4 is 9.64 Å². The van der Waals surface area contributed by atoms with Gasteiger partial charge in [-0.2, -0.15) is 5.26 Å². The molecule has 174 valence electrons. The molecule has 6 nitrogen and oxygen atoms in total. The zero-order valence-corrected chi connectivity index (χ0v) is 19.4. The summed E-state index contributed by atoms with van der Waals surface area (Å²) in [6.45, 7) is 0. The van der Waals surface area contributed by atoms with Crippen LogP contribution in [-0.2, 0) is 9.53 Å².